The van der Waals surface area contributed by atoms with Crippen LogP contribution >= 0.6 is 0 Å². The quantitative estimate of drug-likeness (QED) is 0.638. The summed E-state index contributed by atoms with van der Waals surface area (Å²) in [7, 11) is 0. The van der Waals surface area contributed by atoms with Crippen molar-refractivity contribution >= 4 is 5.57 Å². The first-order valence-corrected chi connectivity index (χ1v) is 3.41. The Morgan fingerprint density at radius 1 is 1.18 bits per heavy atom. The normalized spacial score (nSPS) is 10.5. The summed E-state index contributed by atoms with van der Waals surface area (Å²) in [5.41, 5.74) is 2.46. The van der Waals surface area contributed by atoms with Crippen molar-refractivity contribution in [1.82, 2.24) is 0 Å². The summed E-state index contributed by atoms with van der Waals surface area (Å²) in [5, 5.41) is 0. The first-order valence-electron chi connectivity index (χ1n) is 3.41. The Balaban J connectivity index is 0.000001000. The molecule has 0 bridgehead atoms. The molecule has 0 N–H and O–H groups in total. The second-order valence-corrected chi connectivity index (χ2v) is 2.24. The van der Waals surface area contributed by atoms with Gasteiger partial charge in [-0.25, -0.2) is 5.57 Å². The maximum atomic E-state index is 3.10. The van der Waals surface area contributed by atoms with Gasteiger partial charge in [-0.05, 0) is 0 Å². The first-order chi connectivity index (χ1) is 4.84. The van der Waals surface area contributed by atoms with Crippen LogP contribution in [0.25, 0.3) is 5.57 Å². The SMILES string of the molecule is C[C-]=C(C)c1ccccc1.[Y]. The van der Waals surface area contributed by atoms with Gasteiger partial charge in [0.25, 0.3) is 0 Å². The third-order valence-corrected chi connectivity index (χ3v) is 1.58. The summed E-state index contributed by atoms with van der Waals surface area (Å²) in [5.74, 6) is 0. The maximum Gasteiger partial charge on any atom is 0 e. The Morgan fingerprint density at radius 3 is 2.18 bits per heavy atom. The Morgan fingerprint density at radius 2 is 1.73 bits per heavy atom. The van der Waals surface area contributed by atoms with Crippen molar-refractivity contribution in [3.8, 4) is 0 Å². The largest absolute Gasteiger partial charge is 0.275 e. The Hall–Kier alpha value is 0.0639. The zero-order valence-electron chi connectivity index (χ0n) is 6.96. The summed E-state index contributed by atoms with van der Waals surface area (Å²) < 4.78 is 0. The minimum Gasteiger partial charge on any atom is -0.275 e. The monoisotopic (exact) mass is 220 g/mol. The molecule has 0 heterocycles. The first kappa shape index (κ1) is 11.1. The third kappa shape index (κ3) is 3.31. The molecular formula is C10H11Y-. The molecule has 0 unspecified atom stereocenters. The molecule has 1 heteroatoms. The fourth-order valence-corrected chi connectivity index (χ4v) is 0.832. The minimum absolute atomic E-state index is 0. The van der Waals surface area contributed by atoms with Gasteiger partial charge in [0.2, 0.25) is 0 Å². The Labute approximate surface area is 93.6 Å². The zero-order chi connectivity index (χ0) is 7.40. The Kier molecular flexibility index (Phi) is 5.71. The molecule has 0 aromatic heterocycles. The summed E-state index contributed by atoms with van der Waals surface area (Å²) in [6.45, 7) is 4.00. The van der Waals surface area contributed by atoms with E-state index in [-0.39, 0.29) is 32.7 Å². The molecule has 0 nitrogen and oxygen atoms in total. The summed E-state index contributed by atoms with van der Waals surface area (Å²) in [6, 6.07) is 10.3. The molecule has 0 saturated carbocycles. The van der Waals surface area contributed by atoms with Crippen molar-refractivity contribution in [2.24, 2.45) is 0 Å². The average Bonchev–Trinajstić information content (AvgIpc) is 2.05. The Bertz CT molecular complexity index is 224. The number of benzene rings is 1. The predicted octanol–water partition coefficient (Wildman–Crippen LogP) is 2.91. The van der Waals surface area contributed by atoms with Gasteiger partial charge in [0.15, 0.2) is 0 Å². The standard InChI is InChI=1S/C10H11.Y/c1-3-9(2)10-7-5-4-6-8-10;/h4-8H,1-2H3;/q-1;. The topological polar surface area (TPSA) is 0 Å². The molecule has 0 fully saturated rings. The fourth-order valence-electron chi connectivity index (χ4n) is 0.832. The van der Waals surface area contributed by atoms with Crippen LogP contribution in [0.4, 0.5) is 0 Å². The number of allylic oxidation sites excluding steroid dienone is 2. The van der Waals surface area contributed by atoms with E-state index in [1.807, 2.05) is 25.1 Å². The van der Waals surface area contributed by atoms with Crippen LogP contribution in [-0.4, -0.2) is 0 Å². The van der Waals surface area contributed by atoms with Crippen LogP contribution in [0.1, 0.15) is 19.4 Å². The molecule has 0 aliphatic rings. The number of hydrogen-bond donors (Lipinski definition) is 0. The van der Waals surface area contributed by atoms with Crippen LogP contribution in [0, 0.1) is 6.08 Å². The van der Waals surface area contributed by atoms with E-state index in [1.165, 1.54) is 11.1 Å². The van der Waals surface area contributed by atoms with E-state index in [1.54, 1.807) is 0 Å². The van der Waals surface area contributed by atoms with Crippen molar-refractivity contribution < 1.29 is 32.7 Å². The van der Waals surface area contributed by atoms with Gasteiger partial charge in [-0.1, -0.05) is 25.1 Å². The van der Waals surface area contributed by atoms with E-state index in [0.29, 0.717) is 0 Å². The van der Waals surface area contributed by atoms with Gasteiger partial charge in [-0.2, -0.15) is 5.56 Å². The average molecular weight is 220 g/mol. The van der Waals surface area contributed by atoms with E-state index in [0.717, 1.165) is 0 Å². The summed E-state index contributed by atoms with van der Waals surface area (Å²) >= 11 is 0. The van der Waals surface area contributed by atoms with Crippen LogP contribution < -0.4 is 0 Å². The minimum atomic E-state index is 0. The second-order valence-electron chi connectivity index (χ2n) is 2.24. The molecule has 1 rings (SSSR count). The smallest absolute Gasteiger partial charge is 0 e. The van der Waals surface area contributed by atoms with Crippen molar-refractivity contribution in [1.29, 1.82) is 0 Å². The van der Waals surface area contributed by atoms with Crippen LogP contribution in [0.15, 0.2) is 30.3 Å². The second kappa shape index (κ2) is 5.68. The van der Waals surface area contributed by atoms with Gasteiger partial charge in [0, 0.05) is 32.7 Å². The molecule has 11 heavy (non-hydrogen) atoms. The van der Waals surface area contributed by atoms with Crippen LogP contribution in [0.2, 0.25) is 0 Å². The van der Waals surface area contributed by atoms with Crippen LogP contribution in [0.3, 0.4) is 0 Å². The molecule has 0 aliphatic carbocycles. The van der Waals surface area contributed by atoms with Crippen molar-refractivity contribution in [2.75, 3.05) is 0 Å². The van der Waals surface area contributed by atoms with Gasteiger partial charge in [0.05, 0.1) is 0 Å². The van der Waals surface area contributed by atoms with E-state index in [2.05, 4.69) is 25.1 Å². The molecule has 1 aromatic rings. The van der Waals surface area contributed by atoms with Gasteiger partial charge in [0.1, 0.15) is 0 Å². The molecule has 0 saturated heterocycles. The number of hydrogen-bond acceptors (Lipinski definition) is 0. The molecule has 55 valence electrons. The zero-order valence-corrected chi connectivity index (χ0v) is 9.80. The third-order valence-electron chi connectivity index (χ3n) is 1.58. The van der Waals surface area contributed by atoms with E-state index in [9.17, 15) is 0 Å². The molecule has 1 aromatic carbocycles. The number of rotatable bonds is 1. The molecule has 0 amide bonds. The van der Waals surface area contributed by atoms with E-state index < -0.39 is 0 Å². The molecule has 0 spiro atoms. The predicted molar refractivity (Wildman–Crippen MR) is 44.4 cm³/mol. The van der Waals surface area contributed by atoms with Crippen molar-refractivity contribution in [3.05, 3.63) is 42.0 Å². The van der Waals surface area contributed by atoms with Crippen LogP contribution in [0.5, 0.6) is 0 Å². The summed E-state index contributed by atoms with van der Waals surface area (Å²) in [6.07, 6.45) is 3.10. The van der Waals surface area contributed by atoms with E-state index in [4.69, 9.17) is 0 Å². The van der Waals surface area contributed by atoms with Gasteiger partial charge < -0.3 is 0 Å². The molecular weight excluding hydrogens is 209 g/mol. The van der Waals surface area contributed by atoms with E-state index >= 15 is 0 Å². The molecule has 0 atom stereocenters. The summed E-state index contributed by atoms with van der Waals surface area (Å²) in [4.78, 5) is 0. The van der Waals surface area contributed by atoms with Crippen molar-refractivity contribution in [3.63, 3.8) is 0 Å². The van der Waals surface area contributed by atoms with Gasteiger partial charge in [-0.15, -0.1) is 19.1 Å². The molecule has 1 radical (unpaired) electrons. The van der Waals surface area contributed by atoms with Gasteiger partial charge >= 0.3 is 0 Å². The van der Waals surface area contributed by atoms with Crippen LogP contribution in [-0.2, 0) is 32.7 Å². The maximum absolute atomic E-state index is 3.10. The molecule has 0 aliphatic heterocycles. The van der Waals surface area contributed by atoms with Gasteiger partial charge in [-0.3, -0.25) is 6.08 Å². The fraction of sp³-hybridized carbons (Fsp3) is 0.200. The van der Waals surface area contributed by atoms with Crippen molar-refractivity contribution in [2.45, 2.75) is 13.8 Å².